The van der Waals surface area contributed by atoms with Crippen LogP contribution >= 0.6 is 11.8 Å². The van der Waals surface area contributed by atoms with Crippen LogP contribution in [0.4, 0.5) is 11.4 Å². The minimum atomic E-state index is 0.0430. The zero-order valence-electron chi connectivity index (χ0n) is 12.1. The number of rotatable bonds is 7. The first-order valence-corrected chi connectivity index (χ1v) is 8.07. The Bertz CT molecular complexity index is 582. The Kier molecular flexibility index (Phi) is 5.75. The molecule has 3 N–H and O–H groups in total. The highest BCUT2D eigenvalue weighted by Crippen LogP contribution is 2.18. The largest absolute Gasteiger partial charge is 0.468 e. The number of nitrogens with two attached hydrogens (primary N) is 1. The number of nitrogen functional groups attached to an aromatic ring is 1. The molecule has 0 radical (unpaired) electrons. The molecule has 0 spiro atoms. The number of hydrogen-bond acceptors (Lipinski definition) is 4. The van der Waals surface area contributed by atoms with Crippen LogP contribution in [-0.4, -0.2) is 11.7 Å². The lowest BCUT2D eigenvalue weighted by molar-refractivity contribution is -0.116. The van der Waals surface area contributed by atoms with Crippen LogP contribution in [0.15, 0.2) is 41.0 Å². The van der Waals surface area contributed by atoms with Crippen LogP contribution < -0.4 is 11.1 Å². The van der Waals surface area contributed by atoms with E-state index in [1.54, 1.807) is 24.1 Å². The molecule has 0 atom stereocenters. The number of nitrogens with one attached hydrogen (secondary N) is 1. The monoisotopic (exact) mass is 304 g/mol. The van der Waals surface area contributed by atoms with Crippen molar-refractivity contribution in [3.63, 3.8) is 0 Å². The van der Waals surface area contributed by atoms with Crippen molar-refractivity contribution in [2.75, 3.05) is 16.8 Å². The van der Waals surface area contributed by atoms with E-state index in [-0.39, 0.29) is 5.91 Å². The molecule has 112 valence electrons. The molecule has 1 aromatic carbocycles. The van der Waals surface area contributed by atoms with E-state index < -0.39 is 0 Å². The molecule has 2 rings (SSSR count). The first kappa shape index (κ1) is 15.5. The maximum atomic E-state index is 11.9. The fourth-order valence-electron chi connectivity index (χ4n) is 1.94. The molecule has 0 aliphatic carbocycles. The topological polar surface area (TPSA) is 68.3 Å². The molecule has 0 saturated carbocycles. The van der Waals surface area contributed by atoms with Gasteiger partial charge in [-0.1, -0.05) is 0 Å². The van der Waals surface area contributed by atoms with Gasteiger partial charge in [-0.15, -0.1) is 0 Å². The zero-order valence-corrected chi connectivity index (χ0v) is 12.9. The first-order valence-electron chi connectivity index (χ1n) is 6.91. The third-order valence-corrected chi connectivity index (χ3v) is 4.11. The van der Waals surface area contributed by atoms with Crippen molar-refractivity contribution in [3.05, 3.63) is 47.9 Å². The highest BCUT2D eigenvalue weighted by atomic mass is 32.2. The molecule has 0 saturated heterocycles. The SMILES string of the molecule is Cc1cc(N)ccc1NC(=O)CCCSCc1ccco1. The summed E-state index contributed by atoms with van der Waals surface area (Å²) in [6.07, 6.45) is 3.05. The molecular formula is C16H20N2O2S. The lowest BCUT2D eigenvalue weighted by Crippen LogP contribution is -2.12. The molecule has 1 amide bonds. The van der Waals surface area contributed by atoms with E-state index in [0.29, 0.717) is 12.1 Å². The van der Waals surface area contributed by atoms with Crippen molar-refractivity contribution in [2.45, 2.75) is 25.5 Å². The standard InChI is InChI=1S/C16H20N2O2S/c1-12-10-13(17)6-7-15(12)18-16(19)5-3-9-21-11-14-4-2-8-20-14/h2,4,6-8,10H,3,5,9,11,17H2,1H3,(H,18,19). The lowest BCUT2D eigenvalue weighted by Gasteiger charge is -2.08. The van der Waals surface area contributed by atoms with Gasteiger partial charge in [-0.2, -0.15) is 11.8 Å². The third-order valence-electron chi connectivity index (χ3n) is 3.04. The van der Waals surface area contributed by atoms with E-state index in [1.807, 2.05) is 31.2 Å². The Morgan fingerprint density at radius 3 is 2.95 bits per heavy atom. The van der Waals surface area contributed by atoms with Gasteiger partial charge in [-0.3, -0.25) is 4.79 Å². The summed E-state index contributed by atoms with van der Waals surface area (Å²) < 4.78 is 5.25. The van der Waals surface area contributed by atoms with Gasteiger partial charge in [0.25, 0.3) is 0 Å². The van der Waals surface area contributed by atoms with Gasteiger partial charge >= 0.3 is 0 Å². The van der Waals surface area contributed by atoms with Gasteiger partial charge in [0.1, 0.15) is 5.76 Å². The van der Waals surface area contributed by atoms with Crippen LogP contribution in [0.3, 0.4) is 0 Å². The number of aryl methyl sites for hydroxylation is 1. The molecule has 0 unspecified atom stereocenters. The maximum absolute atomic E-state index is 11.9. The van der Waals surface area contributed by atoms with E-state index in [0.717, 1.165) is 34.9 Å². The minimum Gasteiger partial charge on any atom is -0.468 e. The van der Waals surface area contributed by atoms with E-state index in [4.69, 9.17) is 10.2 Å². The number of benzene rings is 1. The van der Waals surface area contributed by atoms with Gasteiger partial charge in [0, 0.05) is 17.8 Å². The van der Waals surface area contributed by atoms with Gasteiger partial charge in [-0.05, 0) is 55.0 Å². The van der Waals surface area contributed by atoms with Crippen molar-refractivity contribution >= 4 is 29.0 Å². The van der Waals surface area contributed by atoms with Gasteiger partial charge in [0.15, 0.2) is 0 Å². The van der Waals surface area contributed by atoms with Crippen LogP contribution in [0.5, 0.6) is 0 Å². The maximum Gasteiger partial charge on any atom is 0.224 e. The number of furan rings is 1. The molecule has 21 heavy (non-hydrogen) atoms. The fraction of sp³-hybridized carbons (Fsp3) is 0.312. The molecule has 4 nitrogen and oxygen atoms in total. The Labute approximate surface area is 129 Å². The Morgan fingerprint density at radius 2 is 2.24 bits per heavy atom. The highest BCUT2D eigenvalue weighted by Gasteiger charge is 2.05. The molecule has 0 aliphatic heterocycles. The van der Waals surface area contributed by atoms with Crippen molar-refractivity contribution in [1.29, 1.82) is 0 Å². The van der Waals surface area contributed by atoms with Crippen LogP contribution in [0.1, 0.15) is 24.2 Å². The van der Waals surface area contributed by atoms with E-state index in [2.05, 4.69) is 5.32 Å². The van der Waals surface area contributed by atoms with Crippen molar-refractivity contribution < 1.29 is 9.21 Å². The summed E-state index contributed by atoms with van der Waals surface area (Å²) in [5, 5.41) is 2.92. The van der Waals surface area contributed by atoms with E-state index in [9.17, 15) is 4.79 Å². The van der Waals surface area contributed by atoms with Crippen LogP contribution in [0.2, 0.25) is 0 Å². The first-order chi connectivity index (χ1) is 10.1. The smallest absolute Gasteiger partial charge is 0.224 e. The second kappa shape index (κ2) is 7.78. The second-order valence-electron chi connectivity index (χ2n) is 4.86. The lowest BCUT2D eigenvalue weighted by atomic mass is 10.1. The normalized spacial score (nSPS) is 10.5. The number of thioether (sulfide) groups is 1. The van der Waals surface area contributed by atoms with Crippen molar-refractivity contribution in [1.82, 2.24) is 0 Å². The van der Waals surface area contributed by atoms with Crippen molar-refractivity contribution in [3.8, 4) is 0 Å². The summed E-state index contributed by atoms with van der Waals surface area (Å²) in [7, 11) is 0. The van der Waals surface area contributed by atoms with Crippen LogP contribution in [0.25, 0.3) is 0 Å². The molecule has 0 aliphatic rings. The Balaban J connectivity index is 1.65. The predicted octanol–water partition coefficient (Wildman–Crippen LogP) is 3.82. The second-order valence-corrected chi connectivity index (χ2v) is 5.96. The Morgan fingerprint density at radius 1 is 1.38 bits per heavy atom. The molecule has 1 heterocycles. The molecule has 1 aromatic heterocycles. The Hall–Kier alpha value is -1.88. The summed E-state index contributed by atoms with van der Waals surface area (Å²) >= 11 is 1.77. The van der Waals surface area contributed by atoms with Crippen LogP contribution in [-0.2, 0) is 10.5 Å². The van der Waals surface area contributed by atoms with E-state index in [1.165, 1.54) is 0 Å². The summed E-state index contributed by atoms with van der Waals surface area (Å²) in [5.41, 5.74) is 8.21. The quantitative estimate of drug-likeness (QED) is 0.602. The van der Waals surface area contributed by atoms with Gasteiger partial charge in [0.05, 0.1) is 12.0 Å². The van der Waals surface area contributed by atoms with Gasteiger partial charge in [0.2, 0.25) is 5.91 Å². The van der Waals surface area contributed by atoms with Gasteiger partial charge in [-0.25, -0.2) is 0 Å². The summed E-state index contributed by atoms with van der Waals surface area (Å²) in [6.45, 7) is 1.94. The number of carbonyl (C=O) groups excluding carboxylic acids is 1. The van der Waals surface area contributed by atoms with Gasteiger partial charge < -0.3 is 15.5 Å². The molecule has 0 fully saturated rings. The minimum absolute atomic E-state index is 0.0430. The summed E-state index contributed by atoms with van der Waals surface area (Å²) in [6, 6.07) is 9.34. The zero-order chi connectivity index (χ0) is 15.1. The van der Waals surface area contributed by atoms with Crippen LogP contribution in [0, 0.1) is 6.92 Å². The average molecular weight is 304 g/mol. The number of amides is 1. The summed E-state index contributed by atoms with van der Waals surface area (Å²) in [4.78, 5) is 11.9. The number of hydrogen-bond donors (Lipinski definition) is 2. The third kappa shape index (κ3) is 5.19. The molecule has 0 bridgehead atoms. The number of anilines is 2. The molecule has 2 aromatic rings. The molecule has 5 heteroatoms. The average Bonchev–Trinajstić information content (AvgIpc) is 2.95. The molecular weight excluding hydrogens is 284 g/mol. The summed E-state index contributed by atoms with van der Waals surface area (Å²) in [5.74, 6) is 2.81. The predicted molar refractivity (Wildman–Crippen MR) is 88.3 cm³/mol. The van der Waals surface area contributed by atoms with E-state index >= 15 is 0 Å². The van der Waals surface area contributed by atoms with Crippen molar-refractivity contribution in [2.24, 2.45) is 0 Å². The highest BCUT2D eigenvalue weighted by molar-refractivity contribution is 7.98. The fourth-order valence-corrected chi connectivity index (χ4v) is 2.80. The number of carbonyl (C=O) groups is 1.